The molecule has 138 valence electrons. The first-order valence-electron chi connectivity index (χ1n) is 9.07. The number of carbonyl (C=O) groups is 1. The van der Waals surface area contributed by atoms with Crippen molar-refractivity contribution in [2.75, 3.05) is 25.5 Å². The van der Waals surface area contributed by atoms with Crippen molar-refractivity contribution < 1.29 is 9.53 Å². The van der Waals surface area contributed by atoms with Gasteiger partial charge in [0.15, 0.2) is 0 Å². The van der Waals surface area contributed by atoms with Crippen LogP contribution in [0.15, 0.2) is 64.4 Å². The summed E-state index contributed by atoms with van der Waals surface area (Å²) in [6, 6.07) is 18.0. The SMILES string of the molecule is COC1CCN(C(C)C(=O)Nc2ccccc2Sc2ccccc2)CC1. The minimum Gasteiger partial charge on any atom is -0.381 e. The Morgan fingerprint density at radius 1 is 1.12 bits per heavy atom. The first-order valence-corrected chi connectivity index (χ1v) is 9.88. The maximum atomic E-state index is 12.8. The van der Waals surface area contributed by atoms with Crippen LogP contribution in [-0.2, 0) is 9.53 Å². The Bertz CT molecular complexity index is 715. The zero-order valence-electron chi connectivity index (χ0n) is 15.4. The van der Waals surface area contributed by atoms with Crippen LogP contribution in [0.1, 0.15) is 19.8 Å². The van der Waals surface area contributed by atoms with Crippen molar-refractivity contribution in [1.29, 1.82) is 0 Å². The smallest absolute Gasteiger partial charge is 0.241 e. The van der Waals surface area contributed by atoms with Crippen LogP contribution in [0.2, 0.25) is 0 Å². The van der Waals surface area contributed by atoms with E-state index in [2.05, 4.69) is 22.3 Å². The number of benzene rings is 2. The van der Waals surface area contributed by atoms with E-state index in [1.54, 1.807) is 18.9 Å². The molecule has 0 radical (unpaired) electrons. The number of rotatable bonds is 6. The Morgan fingerprint density at radius 2 is 1.77 bits per heavy atom. The van der Waals surface area contributed by atoms with Crippen LogP contribution in [0.4, 0.5) is 5.69 Å². The molecule has 1 unspecified atom stereocenters. The number of para-hydroxylation sites is 1. The van der Waals surface area contributed by atoms with Crippen molar-refractivity contribution in [3.05, 3.63) is 54.6 Å². The van der Waals surface area contributed by atoms with E-state index in [4.69, 9.17) is 4.74 Å². The molecule has 3 rings (SSSR count). The van der Waals surface area contributed by atoms with E-state index in [0.29, 0.717) is 6.10 Å². The highest BCUT2D eigenvalue weighted by Gasteiger charge is 2.26. The molecule has 1 heterocycles. The monoisotopic (exact) mass is 370 g/mol. The Morgan fingerprint density at radius 3 is 2.46 bits per heavy atom. The Balaban J connectivity index is 1.64. The van der Waals surface area contributed by atoms with Gasteiger partial charge in [0.2, 0.25) is 5.91 Å². The van der Waals surface area contributed by atoms with Crippen molar-refractivity contribution in [2.24, 2.45) is 0 Å². The maximum Gasteiger partial charge on any atom is 0.241 e. The zero-order chi connectivity index (χ0) is 18.4. The number of methoxy groups -OCH3 is 1. The summed E-state index contributed by atoms with van der Waals surface area (Å²) < 4.78 is 5.42. The number of ether oxygens (including phenoxy) is 1. The normalized spacial score (nSPS) is 17.0. The van der Waals surface area contributed by atoms with E-state index < -0.39 is 0 Å². The molecule has 2 aromatic rings. The molecule has 1 aliphatic heterocycles. The Hall–Kier alpha value is -1.82. The molecular formula is C21H26N2O2S. The first-order chi connectivity index (χ1) is 12.7. The van der Waals surface area contributed by atoms with Crippen LogP contribution >= 0.6 is 11.8 Å². The molecule has 2 aromatic carbocycles. The maximum absolute atomic E-state index is 12.8. The molecule has 1 saturated heterocycles. The topological polar surface area (TPSA) is 41.6 Å². The number of hydrogen-bond acceptors (Lipinski definition) is 4. The molecule has 5 heteroatoms. The van der Waals surface area contributed by atoms with Crippen molar-refractivity contribution in [3.63, 3.8) is 0 Å². The molecule has 4 nitrogen and oxygen atoms in total. The highest BCUT2D eigenvalue weighted by atomic mass is 32.2. The van der Waals surface area contributed by atoms with Crippen LogP contribution in [-0.4, -0.2) is 43.2 Å². The lowest BCUT2D eigenvalue weighted by Crippen LogP contribution is -2.47. The average molecular weight is 371 g/mol. The summed E-state index contributed by atoms with van der Waals surface area (Å²) >= 11 is 1.66. The molecule has 0 aromatic heterocycles. The van der Waals surface area contributed by atoms with Crippen LogP contribution in [0, 0.1) is 0 Å². The van der Waals surface area contributed by atoms with E-state index in [0.717, 1.165) is 41.4 Å². The van der Waals surface area contributed by atoms with Gasteiger partial charge in [0, 0.05) is 30.0 Å². The minimum atomic E-state index is -0.150. The fourth-order valence-electron chi connectivity index (χ4n) is 3.18. The standard InChI is InChI=1S/C21H26N2O2S/c1-16(23-14-12-17(25-2)13-15-23)21(24)22-19-10-6-7-11-20(19)26-18-8-4-3-5-9-18/h3-11,16-17H,12-15H2,1-2H3,(H,22,24). The highest BCUT2D eigenvalue weighted by molar-refractivity contribution is 7.99. The molecule has 1 fully saturated rings. The third-order valence-electron chi connectivity index (χ3n) is 4.85. The quantitative estimate of drug-likeness (QED) is 0.824. The number of hydrogen-bond donors (Lipinski definition) is 1. The lowest BCUT2D eigenvalue weighted by atomic mass is 10.1. The van der Waals surface area contributed by atoms with Gasteiger partial charge in [0.1, 0.15) is 0 Å². The fourth-order valence-corrected chi connectivity index (χ4v) is 4.10. The largest absolute Gasteiger partial charge is 0.381 e. The molecule has 1 aliphatic rings. The number of carbonyl (C=O) groups excluding carboxylic acids is 1. The van der Waals surface area contributed by atoms with Gasteiger partial charge in [-0.25, -0.2) is 0 Å². The van der Waals surface area contributed by atoms with E-state index >= 15 is 0 Å². The summed E-state index contributed by atoms with van der Waals surface area (Å²) in [5, 5.41) is 3.12. The molecule has 26 heavy (non-hydrogen) atoms. The number of nitrogens with one attached hydrogen (secondary N) is 1. The van der Waals surface area contributed by atoms with Gasteiger partial charge in [-0.2, -0.15) is 0 Å². The summed E-state index contributed by atoms with van der Waals surface area (Å²) in [4.78, 5) is 17.2. The Kier molecular flexibility index (Phi) is 6.72. The molecular weight excluding hydrogens is 344 g/mol. The second kappa shape index (κ2) is 9.21. The van der Waals surface area contributed by atoms with Gasteiger partial charge in [0.05, 0.1) is 17.8 Å². The van der Waals surface area contributed by atoms with Crippen LogP contribution in [0.5, 0.6) is 0 Å². The second-order valence-corrected chi connectivity index (χ2v) is 7.66. The molecule has 1 N–H and O–H groups in total. The predicted molar refractivity (Wildman–Crippen MR) is 107 cm³/mol. The lowest BCUT2D eigenvalue weighted by molar-refractivity contribution is -0.121. The van der Waals surface area contributed by atoms with Gasteiger partial charge in [-0.3, -0.25) is 9.69 Å². The van der Waals surface area contributed by atoms with Gasteiger partial charge in [-0.15, -0.1) is 0 Å². The zero-order valence-corrected chi connectivity index (χ0v) is 16.2. The molecule has 0 bridgehead atoms. The van der Waals surface area contributed by atoms with E-state index in [1.807, 2.05) is 49.4 Å². The number of nitrogens with zero attached hydrogens (tertiary/aromatic N) is 1. The van der Waals surface area contributed by atoms with Gasteiger partial charge in [0.25, 0.3) is 0 Å². The molecule has 1 amide bonds. The number of amides is 1. The highest BCUT2D eigenvalue weighted by Crippen LogP contribution is 2.33. The second-order valence-electron chi connectivity index (χ2n) is 6.55. The van der Waals surface area contributed by atoms with Crippen molar-refractivity contribution in [3.8, 4) is 0 Å². The summed E-state index contributed by atoms with van der Waals surface area (Å²) in [5.74, 6) is 0.0435. The Labute approximate surface area is 159 Å². The van der Waals surface area contributed by atoms with Crippen LogP contribution < -0.4 is 5.32 Å². The van der Waals surface area contributed by atoms with Gasteiger partial charge < -0.3 is 10.1 Å². The lowest BCUT2D eigenvalue weighted by Gasteiger charge is -2.34. The molecule has 0 aliphatic carbocycles. The third kappa shape index (κ3) is 4.87. The predicted octanol–water partition coefficient (Wildman–Crippen LogP) is 4.28. The fraction of sp³-hybridized carbons (Fsp3) is 0.381. The first kappa shape index (κ1) is 19.0. The van der Waals surface area contributed by atoms with Crippen LogP contribution in [0.25, 0.3) is 0 Å². The molecule has 1 atom stereocenters. The molecule has 0 saturated carbocycles. The van der Waals surface area contributed by atoms with Crippen LogP contribution in [0.3, 0.4) is 0 Å². The van der Waals surface area contributed by atoms with Crippen molar-refractivity contribution in [1.82, 2.24) is 4.90 Å². The average Bonchev–Trinajstić information content (AvgIpc) is 2.69. The summed E-state index contributed by atoms with van der Waals surface area (Å²) in [6.07, 6.45) is 2.29. The van der Waals surface area contributed by atoms with E-state index in [9.17, 15) is 4.79 Å². The summed E-state index contributed by atoms with van der Waals surface area (Å²) in [5.41, 5.74) is 0.866. The van der Waals surface area contributed by atoms with E-state index in [1.165, 1.54) is 0 Å². The third-order valence-corrected chi connectivity index (χ3v) is 5.94. The van der Waals surface area contributed by atoms with Crippen molar-refractivity contribution >= 4 is 23.4 Å². The summed E-state index contributed by atoms with van der Waals surface area (Å²) in [6.45, 7) is 3.77. The van der Waals surface area contributed by atoms with Gasteiger partial charge in [-0.05, 0) is 44.0 Å². The number of anilines is 1. The van der Waals surface area contributed by atoms with Crippen molar-refractivity contribution in [2.45, 2.75) is 41.7 Å². The van der Waals surface area contributed by atoms with Gasteiger partial charge in [-0.1, -0.05) is 42.1 Å². The molecule has 0 spiro atoms. The summed E-state index contributed by atoms with van der Waals surface area (Å²) in [7, 11) is 1.76. The number of piperidine rings is 1. The minimum absolute atomic E-state index is 0.0435. The number of likely N-dealkylation sites (tertiary alicyclic amines) is 1. The van der Waals surface area contributed by atoms with E-state index in [-0.39, 0.29) is 11.9 Å². The van der Waals surface area contributed by atoms with Gasteiger partial charge >= 0.3 is 0 Å².